The summed E-state index contributed by atoms with van der Waals surface area (Å²) in [5.41, 5.74) is 1.49. The molecular formula is C15H23N3O2. The molecule has 1 aliphatic heterocycles. The van der Waals surface area contributed by atoms with Crippen molar-refractivity contribution < 1.29 is 9.53 Å². The fourth-order valence-electron chi connectivity index (χ4n) is 2.44. The van der Waals surface area contributed by atoms with Crippen LogP contribution in [-0.2, 0) is 4.74 Å². The Hall–Kier alpha value is -1.62. The Morgan fingerprint density at radius 1 is 1.50 bits per heavy atom. The highest BCUT2D eigenvalue weighted by Gasteiger charge is 2.24. The van der Waals surface area contributed by atoms with Crippen LogP contribution in [-0.4, -0.2) is 36.7 Å². The SMILES string of the molecule is CCNc1cc(C(=O)NCC2CCOC2C)cc(C)n1. The molecule has 0 aliphatic carbocycles. The van der Waals surface area contributed by atoms with Crippen molar-refractivity contribution in [1.82, 2.24) is 10.3 Å². The predicted octanol–water partition coefficient (Wildman–Crippen LogP) is 1.98. The summed E-state index contributed by atoms with van der Waals surface area (Å²) in [6.45, 7) is 8.20. The maximum absolute atomic E-state index is 12.2. The van der Waals surface area contributed by atoms with Crippen molar-refractivity contribution in [2.75, 3.05) is 25.0 Å². The van der Waals surface area contributed by atoms with Crippen LogP contribution in [0.2, 0.25) is 0 Å². The Morgan fingerprint density at radius 3 is 2.95 bits per heavy atom. The highest BCUT2D eigenvalue weighted by molar-refractivity contribution is 5.95. The first-order chi connectivity index (χ1) is 9.60. The molecule has 110 valence electrons. The first kappa shape index (κ1) is 14.8. The minimum atomic E-state index is -0.0475. The van der Waals surface area contributed by atoms with Gasteiger partial charge < -0.3 is 15.4 Å². The largest absolute Gasteiger partial charge is 0.378 e. The molecule has 1 amide bonds. The molecule has 20 heavy (non-hydrogen) atoms. The van der Waals surface area contributed by atoms with Crippen LogP contribution in [0.3, 0.4) is 0 Å². The van der Waals surface area contributed by atoms with Gasteiger partial charge in [0.1, 0.15) is 5.82 Å². The Kier molecular flexibility index (Phi) is 4.95. The lowest BCUT2D eigenvalue weighted by molar-refractivity contribution is 0.0907. The molecule has 0 spiro atoms. The summed E-state index contributed by atoms with van der Waals surface area (Å²) in [6.07, 6.45) is 1.24. The normalized spacial score (nSPS) is 21.8. The van der Waals surface area contributed by atoms with Gasteiger partial charge in [-0.15, -0.1) is 0 Å². The van der Waals surface area contributed by atoms with Gasteiger partial charge in [0.2, 0.25) is 0 Å². The van der Waals surface area contributed by atoms with Crippen molar-refractivity contribution in [2.45, 2.75) is 33.3 Å². The van der Waals surface area contributed by atoms with E-state index >= 15 is 0 Å². The van der Waals surface area contributed by atoms with E-state index in [0.717, 1.165) is 31.1 Å². The third kappa shape index (κ3) is 3.70. The highest BCUT2D eigenvalue weighted by Crippen LogP contribution is 2.19. The monoisotopic (exact) mass is 277 g/mol. The molecule has 0 saturated carbocycles. The van der Waals surface area contributed by atoms with E-state index in [4.69, 9.17) is 4.74 Å². The van der Waals surface area contributed by atoms with Crippen LogP contribution >= 0.6 is 0 Å². The summed E-state index contributed by atoms with van der Waals surface area (Å²) >= 11 is 0. The van der Waals surface area contributed by atoms with Gasteiger partial charge in [-0.1, -0.05) is 0 Å². The lowest BCUT2D eigenvalue weighted by Crippen LogP contribution is -2.32. The number of hydrogen-bond donors (Lipinski definition) is 2. The van der Waals surface area contributed by atoms with Gasteiger partial charge in [-0.25, -0.2) is 4.98 Å². The molecular weight excluding hydrogens is 254 g/mol. The van der Waals surface area contributed by atoms with Crippen molar-refractivity contribution in [1.29, 1.82) is 0 Å². The van der Waals surface area contributed by atoms with Crippen LogP contribution in [0.15, 0.2) is 12.1 Å². The second-order valence-electron chi connectivity index (χ2n) is 5.25. The van der Waals surface area contributed by atoms with Crippen LogP contribution in [0.4, 0.5) is 5.82 Å². The van der Waals surface area contributed by atoms with Crippen molar-refractivity contribution in [3.8, 4) is 0 Å². The molecule has 1 aliphatic rings. The molecule has 2 rings (SSSR count). The van der Waals surface area contributed by atoms with Crippen LogP contribution < -0.4 is 10.6 Å². The van der Waals surface area contributed by atoms with Crippen LogP contribution in [0.5, 0.6) is 0 Å². The molecule has 2 N–H and O–H groups in total. The first-order valence-corrected chi connectivity index (χ1v) is 7.22. The molecule has 5 nitrogen and oxygen atoms in total. The van der Waals surface area contributed by atoms with E-state index in [2.05, 4.69) is 22.5 Å². The molecule has 2 unspecified atom stereocenters. The fourth-order valence-corrected chi connectivity index (χ4v) is 2.44. The predicted molar refractivity (Wildman–Crippen MR) is 79.0 cm³/mol. The van der Waals surface area contributed by atoms with Crippen LogP contribution in [0.25, 0.3) is 0 Å². The summed E-state index contributed by atoms with van der Waals surface area (Å²) in [6, 6.07) is 3.60. The Bertz CT molecular complexity index is 476. The minimum Gasteiger partial charge on any atom is -0.378 e. The maximum atomic E-state index is 12.2. The van der Waals surface area contributed by atoms with Crippen molar-refractivity contribution >= 4 is 11.7 Å². The van der Waals surface area contributed by atoms with E-state index in [9.17, 15) is 4.79 Å². The zero-order valence-electron chi connectivity index (χ0n) is 12.4. The number of pyridine rings is 1. The number of aromatic nitrogens is 1. The average molecular weight is 277 g/mol. The molecule has 1 aromatic rings. The summed E-state index contributed by atoms with van der Waals surface area (Å²) in [5, 5.41) is 6.13. The zero-order chi connectivity index (χ0) is 14.5. The summed E-state index contributed by atoms with van der Waals surface area (Å²) < 4.78 is 5.50. The summed E-state index contributed by atoms with van der Waals surface area (Å²) in [5.74, 6) is 1.11. The van der Waals surface area contributed by atoms with Gasteiger partial charge in [-0.05, 0) is 39.3 Å². The van der Waals surface area contributed by atoms with E-state index in [1.807, 2.05) is 19.9 Å². The molecule has 0 radical (unpaired) electrons. The number of anilines is 1. The van der Waals surface area contributed by atoms with E-state index < -0.39 is 0 Å². The zero-order valence-corrected chi connectivity index (χ0v) is 12.4. The van der Waals surface area contributed by atoms with Gasteiger partial charge in [0.15, 0.2) is 0 Å². The second-order valence-corrected chi connectivity index (χ2v) is 5.25. The first-order valence-electron chi connectivity index (χ1n) is 7.22. The number of nitrogens with one attached hydrogen (secondary N) is 2. The fraction of sp³-hybridized carbons (Fsp3) is 0.600. The summed E-state index contributed by atoms with van der Waals surface area (Å²) in [7, 11) is 0. The number of aryl methyl sites for hydroxylation is 1. The molecule has 0 bridgehead atoms. The molecule has 1 fully saturated rings. The molecule has 1 aromatic heterocycles. The third-order valence-corrected chi connectivity index (χ3v) is 3.63. The summed E-state index contributed by atoms with van der Waals surface area (Å²) in [4.78, 5) is 16.6. The third-order valence-electron chi connectivity index (χ3n) is 3.63. The number of rotatable bonds is 5. The number of nitrogens with zero attached hydrogens (tertiary/aromatic N) is 1. The van der Waals surface area contributed by atoms with Gasteiger partial charge >= 0.3 is 0 Å². The number of ether oxygens (including phenoxy) is 1. The Morgan fingerprint density at radius 2 is 2.30 bits per heavy atom. The Balaban J connectivity index is 1.97. The van der Waals surface area contributed by atoms with Gasteiger partial charge in [-0.2, -0.15) is 0 Å². The molecule has 0 aromatic carbocycles. The minimum absolute atomic E-state index is 0.0475. The van der Waals surface area contributed by atoms with E-state index in [1.54, 1.807) is 6.07 Å². The smallest absolute Gasteiger partial charge is 0.251 e. The van der Waals surface area contributed by atoms with E-state index in [0.29, 0.717) is 18.0 Å². The van der Waals surface area contributed by atoms with Gasteiger partial charge in [-0.3, -0.25) is 4.79 Å². The average Bonchev–Trinajstić information content (AvgIpc) is 2.81. The highest BCUT2D eigenvalue weighted by atomic mass is 16.5. The lowest BCUT2D eigenvalue weighted by atomic mass is 10.0. The number of carbonyl (C=O) groups is 1. The van der Waals surface area contributed by atoms with E-state index in [1.165, 1.54) is 0 Å². The quantitative estimate of drug-likeness (QED) is 0.864. The van der Waals surface area contributed by atoms with Crippen molar-refractivity contribution in [3.05, 3.63) is 23.4 Å². The maximum Gasteiger partial charge on any atom is 0.251 e. The van der Waals surface area contributed by atoms with Gasteiger partial charge in [0.05, 0.1) is 6.10 Å². The molecule has 2 atom stereocenters. The Labute approximate surface area is 120 Å². The van der Waals surface area contributed by atoms with Gasteiger partial charge in [0, 0.05) is 36.9 Å². The van der Waals surface area contributed by atoms with Crippen molar-refractivity contribution in [2.24, 2.45) is 5.92 Å². The van der Waals surface area contributed by atoms with Crippen LogP contribution in [0.1, 0.15) is 36.3 Å². The van der Waals surface area contributed by atoms with Gasteiger partial charge in [0.25, 0.3) is 5.91 Å². The molecule has 2 heterocycles. The standard InChI is InChI=1S/C15H23N3O2/c1-4-16-14-8-13(7-10(2)18-14)15(19)17-9-12-5-6-20-11(12)3/h7-8,11-12H,4-6,9H2,1-3H3,(H,16,18)(H,17,19). The van der Waals surface area contributed by atoms with E-state index in [-0.39, 0.29) is 12.0 Å². The second kappa shape index (κ2) is 6.70. The number of hydrogen-bond acceptors (Lipinski definition) is 4. The molecule has 1 saturated heterocycles. The number of amides is 1. The lowest BCUT2D eigenvalue weighted by Gasteiger charge is -2.15. The number of carbonyl (C=O) groups excluding carboxylic acids is 1. The topological polar surface area (TPSA) is 63.2 Å². The van der Waals surface area contributed by atoms with Crippen LogP contribution in [0, 0.1) is 12.8 Å². The van der Waals surface area contributed by atoms with Crippen molar-refractivity contribution in [3.63, 3.8) is 0 Å². The molecule has 5 heteroatoms.